The maximum absolute atomic E-state index is 14.3. The van der Waals surface area contributed by atoms with Crippen LogP contribution in [-0.2, 0) is 23.6 Å². The highest BCUT2D eigenvalue weighted by molar-refractivity contribution is 7.10. The number of fused-ring (bicyclic) bond motifs is 3. The van der Waals surface area contributed by atoms with E-state index >= 15 is 0 Å². The van der Waals surface area contributed by atoms with E-state index in [4.69, 9.17) is 11.6 Å². The van der Waals surface area contributed by atoms with Crippen molar-refractivity contribution in [2.45, 2.75) is 24.6 Å². The van der Waals surface area contributed by atoms with Gasteiger partial charge >= 0.3 is 17.8 Å². The van der Waals surface area contributed by atoms with E-state index in [9.17, 15) is 31.9 Å². The highest BCUT2D eigenvalue weighted by atomic mass is 35.5. The van der Waals surface area contributed by atoms with E-state index in [1.807, 2.05) is 0 Å². The van der Waals surface area contributed by atoms with Crippen LogP contribution < -0.4 is 11.2 Å². The standard InChI is InChI=1S/C23H17ClF4N4O4S/c1-30-18-15(20(33)31(2)22(30)35)16(10-4-3-5-11(25)6-10)32-12(8-36-21(34)23(26,27)28)7-13(17(18)32)19-29-14(24)9-37-19/h3-6,9,12-13H,7-8H2,1-2H3. The maximum atomic E-state index is 14.3. The molecule has 14 heteroatoms. The SMILES string of the molecule is Cn1c(=O)c2c(-c3cccc(F)c3)n3c(c2n(C)c1=O)C(c1nc(Cl)cs1)CC3COC(=O)C(F)(F)F. The second-order valence-electron chi connectivity index (χ2n) is 8.59. The van der Waals surface area contributed by atoms with Crippen molar-refractivity contribution in [2.24, 2.45) is 14.1 Å². The minimum absolute atomic E-state index is 0.0738. The van der Waals surface area contributed by atoms with E-state index in [1.54, 1.807) is 16.0 Å². The minimum atomic E-state index is -5.20. The van der Waals surface area contributed by atoms with Crippen LogP contribution in [0.4, 0.5) is 17.6 Å². The number of aromatic nitrogens is 4. The number of halogens is 5. The molecule has 4 aromatic rings. The van der Waals surface area contributed by atoms with Crippen molar-refractivity contribution in [3.05, 3.63) is 72.2 Å². The summed E-state index contributed by atoms with van der Waals surface area (Å²) in [5.74, 6) is -3.57. The van der Waals surface area contributed by atoms with Gasteiger partial charge in [-0.15, -0.1) is 11.3 Å². The van der Waals surface area contributed by atoms with Gasteiger partial charge in [-0.1, -0.05) is 23.7 Å². The van der Waals surface area contributed by atoms with E-state index in [1.165, 1.54) is 48.2 Å². The van der Waals surface area contributed by atoms with Crippen LogP contribution in [0, 0.1) is 5.82 Å². The fraction of sp³-hybridized carbons (Fsp3) is 0.304. The second kappa shape index (κ2) is 8.84. The summed E-state index contributed by atoms with van der Waals surface area (Å²) in [6.45, 7) is -0.682. The summed E-state index contributed by atoms with van der Waals surface area (Å²) in [4.78, 5) is 42.1. The molecule has 4 heterocycles. The van der Waals surface area contributed by atoms with Gasteiger partial charge in [-0.2, -0.15) is 13.2 Å². The Bertz CT molecular complexity index is 1690. The number of hydrogen-bond acceptors (Lipinski definition) is 6. The second-order valence-corrected chi connectivity index (χ2v) is 9.87. The van der Waals surface area contributed by atoms with Gasteiger partial charge in [-0.25, -0.2) is 19.0 Å². The van der Waals surface area contributed by atoms with Crippen molar-refractivity contribution in [3.63, 3.8) is 0 Å². The molecule has 0 fully saturated rings. The average molecular weight is 557 g/mol. The normalized spacial score (nSPS) is 17.4. The molecule has 0 aliphatic carbocycles. The van der Waals surface area contributed by atoms with Crippen molar-refractivity contribution >= 4 is 39.8 Å². The maximum Gasteiger partial charge on any atom is 0.490 e. The molecule has 194 valence electrons. The van der Waals surface area contributed by atoms with Crippen LogP contribution in [0.3, 0.4) is 0 Å². The van der Waals surface area contributed by atoms with Crippen LogP contribution in [0.5, 0.6) is 0 Å². The van der Waals surface area contributed by atoms with Gasteiger partial charge < -0.3 is 9.30 Å². The Morgan fingerprint density at radius 3 is 2.59 bits per heavy atom. The van der Waals surface area contributed by atoms with E-state index in [-0.39, 0.29) is 33.7 Å². The number of thiazole rings is 1. The molecule has 1 aromatic carbocycles. The van der Waals surface area contributed by atoms with Crippen LogP contribution in [0.15, 0.2) is 39.2 Å². The fourth-order valence-electron chi connectivity index (χ4n) is 4.87. The number of ether oxygens (including phenoxy) is 1. The Morgan fingerprint density at radius 1 is 1.24 bits per heavy atom. The highest BCUT2D eigenvalue weighted by Gasteiger charge is 2.44. The van der Waals surface area contributed by atoms with Gasteiger partial charge in [-0.3, -0.25) is 13.9 Å². The van der Waals surface area contributed by atoms with Gasteiger partial charge in [-0.05, 0) is 18.6 Å². The first kappa shape index (κ1) is 25.2. The van der Waals surface area contributed by atoms with Crippen LogP contribution in [0.25, 0.3) is 22.2 Å². The number of nitrogens with zero attached hydrogens (tertiary/aromatic N) is 4. The molecule has 5 rings (SSSR count). The van der Waals surface area contributed by atoms with E-state index in [0.717, 1.165) is 4.57 Å². The monoisotopic (exact) mass is 556 g/mol. The molecule has 0 N–H and O–H groups in total. The summed E-state index contributed by atoms with van der Waals surface area (Å²) >= 11 is 7.24. The molecule has 0 spiro atoms. The molecule has 0 amide bonds. The minimum Gasteiger partial charge on any atom is -0.457 e. The van der Waals surface area contributed by atoms with Crippen LogP contribution in [-0.4, -0.2) is 37.4 Å². The van der Waals surface area contributed by atoms with Crippen molar-refractivity contribution < 1.29 is 27.1 Å². The number of esters is 1. The molecule has 37 heavy (non-hydrogen) atoms. The third-order valence-corrected chi connectivity index (χ3v) is 7.66. The lowest BCUT2D eigenvalue weighted by Crippen LogP contribution is -2.37. The fourth-order valence-corrected chi connectivity index (χ4v) is 5.94. The Balaban J connectivity index is 1.85. The number of aryl methyl sites for hydroxylation is 1. The van der Waals surface area contributed by atoms with Crippen LogP contribution in [0.1, 0.15) is 29.1 Å². The number of hydrogen-bond donors (Lipinski definition) is 0. The summed E-state index contributed by atoms with van der Waals surface area (Å²) in [7, 11) is 2.76. The molecule has 0 bridgehead atoms. The summed E-state index contributed by atoms with van der Waals surface area (Å²) in [5.41, 5.74) is -0.198. The zero-order chi connectivity index (χ0) is 26.8. The largest absolute Gasteiger partial charge is 0.490 e. The predicted molar refractivity (Wildman–Crippen MR) is 127 cm³/mol. The van der Waals surface area contributed by atoms with Gasteiger partial charge in [0.25, 0.3) is 5.56 Å². The number of benzene rings is 1. The average Bonchev–Trinajstić information content (AvgIpc) is 3.52. The summed E-state index contributed by atoms with van der Waals surface area (Å²) < 4.78 is 61.3. The number of carbonyl (C=O) groups is 1. The number of alkyl halides is 3. The Labute approximate surface area is 214 Å². The molecule has 0 saturated heterocycles. The number of carbonyl (C=O) groups excluding carboxylic acids is 1. The van der Waals surface area contributed by atoms with E-state index in [2.05, 4.69) is 9.72 Å². The Kier molecular flexibility index (Phi) is 6.02. The van der Waals surface area contributed by atoms with Gasteiger partial charge in [0.15, 0.2) is 0 Å². The first-order chi connectivity index (χ1) is 17.4. The van der Waals surface area contributed by atoms with E-state index in [0.29, 0.717) is 10.7 Å². The Morgan fingerprint density at radius 2 is 1.97 bits per heavy atom. The smallest absolute Gasteiger partial charge is 0.457 e. The van der Waals surface area contributed by atoms with E-state index < -0.39 is 47.8 Å². The molecule has 0 radical (unpaired) electrons. The van der Waals surface area contributed by atoms with Crippen molar-refractivity contribution in [1.29, 1.82) is 0 Å². The predicted octanol–water partition coefficient (Wildman–Crippen LogP) is 4.14. The Hall–Kier alpha value is -3.45. The van der Waals surface area contributed by atoms with Crippen molar-refractivity contribution in [1.82, 2.24) is 18.7 Å². The van der Waals surface area contributed by atoms with Gasteiger partial charge in [0, 0.05) is 25.0 Å². The van der Waals surface area contributed by atoms with Gasteiger partial charge in [0.2, 0.25) is 0 Å². The van der Waals surface area contributed by atoms with Crippen LogP contribution >= 0.6 is 22.9 Å². The molecular formula is C23H17ClF4N4O4S. The third kappa shape index (κ3) is 4.06. The lowest BCUT2D eigenvalue weighted by Gasteiger charge is -2.18. The van der Waals surface area contributed by atoms with Gasteiger partial charge in [0.05, 0.1) is 34.3 Å². The lowest BCUT2D eigenvalue weighted by atomic mass is 10.00. The van der Waals surface area contributed by atoms with Crippen molar-refractivity contribution in [3.8, 4) is 11.3 Å². The summed E-state index contributed by atoms with van der Waals surface area (Å²) in [6.07, 6.45) is -5.07. The third-order valence-electron chi connectivity index (χ3n) is 6.38. The molecule has 3 aromatic heterocycles. The zero-order valence-corrected chi connectivity index (χ0v) is 20.7. The molecular weight excluding hydrogens is 540 g/mol. The molecule has 0 saturated carbocycles. The molecule has 1 aliphatic rings. The zero-order valence-electron chi connectivity index (χ0n) is 19.2. The molecule has 1 aliphatic heterocycles. The first-order valence-electron chi connectivity index (χ1n) is 10.8. The molecule has 2 atom stereocenters. The molecule has 2 unspecified atom stereocenters. The van der Waals surface area contributed by atoms with Crippen LogP contribution in [0.2, 0.25) is 5.15 Å². The van der Waals surface area contributed by atoms with Crippen molar-refractivity contribution in [2.75, 3.05) is 6.61 Å². The lowest BCUT2D eigenvalue weighted by molar-refractivity contribution is -0.200. The summed E-state index contributed by atoms with van der Waals surface area (Å²) in [5, 5.41) is 2.35. The van der Waals surface area contributed by atoms with Gasteiger partial charge in [0.1, 0.15) is 22.6 Å². The highest BCUT2D eigenvalue weighted by Crippen LogP contribution is 2.49. The topological polar surface area (TPSA) is 88.1 Å². The molecule has 8 nitrogen and oxygen atoms in total. The number of rotatable bonds is 4. The quantitative estimate of drug-likeness (QED) is 0.279. The first-order valence-corrected chi connectivity index (χ1v) is 12.1. The summed E-state index contributed by atoms with van der Waals surface area (Å²) in [6, 6.07) is 4.46.